The van der Waals surface area contributed by atoms with Gasteiger partial charge in [0.25, 0.3) is 0 Å². The first-order valence-corrected chi connectivity index (χ1v) is 5.90. The molecule has 0 aliphatic carbocycles. The first-order chi connectivity index (χ1) is 8.15. The zero-order chi connectivity index (χ0) is 12.7. The van der Waals surface area contributed by atoms with Crippen molar-refractivity contribution in [2.45, 2.75) is 32.6 Å². The van der Waals surface area contributed by atoms with Gasteiger partial charge >= 0.3 is 0 Å². The van der Waals surface area contributed by atoms with Crippen molar-refractivity contribution >= 4 is 0 Å². The molecule has 1 rings (SSSR count). The Bertz CT molecular complexity index is 363. The summed E-state index contributed by atoms with van der Waals surface area (Å²) in [7, 11) is 0. The Morgan fingerprint density at radius 1 is 1.18 bits per heavy atom. The van der Waals surface area contributed by atoms with Crippen LogP contribution in [0, 0.1) is 12.3 Å². The predicted molar refractivity (Wildman–Crippen MR) is 71.8 cm³/mol. The highest BCUT2D eigenvalue weighted by Gasteiger charge is 2.28. The quantitative estimate of drug-likeness (QED) is 0.625. The van der Waals surface area contributed by atoms with Crippen molar-refractivity contribution in [3.63, 3.8) is 0 Å². The average Bonchev–Trinajstić information content (AvgIpc) is 2.65. The van der Waals surface area contributed by atoms with Crippen LogP contribution in [0.25, 0.3) is 0 Å². The van der Waals surface area contributed by atoms with Crippen molar-refractivity contribution in [3.8, 4) is 0 Å². The molecule has 0 radical (unpaired) electrons. The van der Waals surface area contributed by atoms with Gasteiger partial charge in [-0.05, 0) is 31.6 Å². The van der Waals surface area contributed by atoms with Gasteiger partial charge in [-0.2, -0.15) is 0 Å². The Labute approximate surface area is 104 Å². The van der Waals surface area contributed by atoms with Crippen molar-refractivity contribution in [1.82, 2.24) is 5.16 Å². The molecule has 0 aliphatic heterocycles. The lowest BCUT2D eigenvalue weighted by Gasteiger charge is -2.29. The summed E-state index contributed by atoms with van der Waals surface area (Å²) in [5.41, 5.74) is 1.00. The monoisotopic (exact) mass is 231 g/mol. The molecule has 0 aliphatic rings. The Hall–Kier alpha value is -1.57. The van der Waals surface area contributed by atoms with E-state index in [1.807, 2.05) is 31.2 Å². The van der Waals surface area contributed by atoms with Gasteiger partial charge in [0.2, 0.25) is 0 Å². The van der Waals surface area contributed by atoms with Crippen LogP contribution < -0.4 is 0 Å². The highest BCUT2D eigenvalue weighted by atomic mass is 16.5. The van der Waals surface area contributed by atoms with Crippen molar-refractivity contribution in [1.29, 1.82) is 0 Å². The van der Waals surface area contributed by atoms with Crippen LogP contribution in [0.1, 0.15) is 30.7 Å². The Morgan fingerprint density at radius 3 is 2.06 bits per heavy atom. The molecular weight excluding hydrogens is 210 g/mol. The van der Waals surface area contributed by atoms with E-state index in [0.717, 1.165) is 37.1 Å². The van der Waals surface area contributed by atoms with Gasteiger partial charge in [-0.25, -0.2) is 0 Å². The van der Waals surface area contributed by atoms with E-state index in [1.54, 1.807) is 0 Å². The van der Waals surface area contributed by atoms with Crippen LogP contribution in [-0.2, 0) is 6.42 Å². The highest BCUT2D eigenvalue weighted by Crippen LogP contribution is 2.36. The van der Waals surface area contributed by atoms with Gasteiger partial charge in [-0.1, -0.05) is 23.4 Å². The molecular formula is C15H21NO. The van der Waals surface area contributed by atoms with Crippen molar-refractivity contribution < 1.29 is 4.52 Å². The maximum atomic E-state index is 5.31. The molecule has 0 aromatic carbocycles. The number of hydrogen-bond acceptors (Lipinski definition) is 2. The number of aryl methyl sites for hydroxylation is 1. The highest BCUT2D eigenvalue weighted by molar-refractivity contribution is 5.08. The van der Waals surface area contributed by atoms with Crippen LogP contribution in [0.15, 0.2) is 48.6 Å². The predicted octanol–water partition coefficient (Wildman–Crippen LogP) is 4.24. The molecule has 2 heteroatoms. The number of allylic oxidation sites excluding steroid dienone is 3. The smallest absolute Gasteiger partial charge is 0.137 e. The summed E-state index contributed by atoms with van der Waals surface area (Å²) in [6, 6.07) is 1.99. The van der Waals surface area contributed by atoms with E-state index in [2.05, 4.69) is 24.9 Å². The molecule has 92 valence electrons. The third-order valence-corrected chi connectivity index (χ3v) is 2.96. The lowest BCUT2D eigenvalue weighted by Crippen LogP contribution is -2.21. The summed E-state index contributed by atoms with van der Waals surface area (Å²) < 4.78 is 5.31. The van der Waals surface area contributed by atoms with Gasteiger partial charge in [-0.3, -0.25) is 0 Å². The molecule has 0 bridgehead atoms. The maximum Gasteiger partial charge on any atom is 0.137 e. The molecule has 2 nitrogen and oxygen atoms in total. The van der Waals surface area contributed by atoms with E-state index < -0.39 is 0 Å². The number of nitrogens with zero attached hydrogens (tertiary/aromatic N) is 1. The normalized spacial score (nSPS) is 11.1. The fourth-order valence-electron chi connectivity index (χ4n) is 2.25. The van der Waals surface area contributed by atoms with Gasteiger partial charge in [0.05, 0.1) is 5.69 Å². The van der Waals surface area contributed by atoms with Gasteiger partial charge in [0, 0.05) is 12.5 Å². The van der Waals surface area contributed by atoms with Crippen molar-refractivity contribution in [3.05, 3.63) is 55.5 Å². The van der Waals surface area contributed by atoms with Crippen LogP contribution in [-0.4, -0.2) is 5.16 Å². The van der Waals surface area contributed by atoms with E-state index in [4.69, 9.17) is 4.52 Å². The molecule has 0 amide bonds. The minimum atomic E-state index is 0.0806. The SMILES string of the molecule is C=CCC(CC=C)(CC=C)Cc1cc(C)no1. The van der Waals surface area contributed by atoms with Gasteiger partial charge in [-0.15, -0.1) is 19.7 Å². The van der Waals surface area contributed by atoms with Crippen LogP contribution in [0.2, 0.25) is 0 Å². The molecule has 0 spiro atoms. The summed E-state index contributed by atoms with van der Waals surface area (Å²) in [6.45, 7) is 13.5. The maximum absolute atomic E-state index is 5.31. The molecule has 1 aromatic rings. The first-order valence-electron chi connectivity index (χ1n) is 5.90. The lowest BCUT2D eigenvalue weighted by atomic mass is 9.74. The molecule has 1 aromatic heterocycles. The molecule has 0 saturated carbocycles. The minimum Gasteiger partial charge on any atom is -0.361 e. The fraction of sp³-hybridized carbons (Fsp3) is 0.400. The zero-order valence-corrected chi connectivity index (χ0v) is 10.6. The largest absolute Gasteiger partial charge is 0.361 e. The molecule has 17 heavy (non-hydrogen) atoms. The molecule has 0 saturated heterocycles. The third kappa shape index (κ3) is 3.74. The van der Waals surface area contributed by atoms with Crippen LogP contribution in [0.5, 0.6) is 0 Å². The minimum absolute atomic E-state index is 0.0806. The van der Waals surface area contributed by atoms with Crippen LogP contribution in [0.3, 0.4) is 0 Å². The number of hydrogen-bond donors (Lipinski definition) is 0. The van der Waals surface area contributed by atoms with E-state index in [0.29, 0.717) is 0 Å². The summed E-state index contributed by atoms with van der Waals surface area (Å²) in [5.74, 6) is 0.924. The second-order valence-electron chi connectivity index (χ2n) is 4.59. The summed E-state index contributed by atoms with van der Waals surface area (Å²) in [5, 5.41) is 3.93. The molecule has 0 fully saturated rings. The van der Waals surface area contributed by atoms with Crippen LogP contribution in [0.4, 0.5) is 0 Å². The summed E-state index contributed by atoms with van der Waals surface area (Å²) in [6.07, 6.45) is 9.47. The van der Waals surface area contributed by atoms with E-state index in [9.17, 15) is 0 Å². The Morgan fingerprint density at radius 2 is 1.71 bits per heavy atom. The lowest BCUT2D eigenvalue weighted by molar-refractivity contribution is 0.255. The molecule has 0 unspecified atom stereocenters. The van der Waals surface area contributed by atoms with Gasteiger partial charge in [0.1, 0.15) is 5.76 Å². The average molecular weight is 231 g/mol. The standard InChI is InChI=1S/C15H21NO/c1-5-8-15(9-6-2,10-7-3)12-14-11-13(4)16-17-14/h5-7,11H,1-3,8-10,12H2,4H3. The fourth-order valence-corrected chi connectivity index (χ4v) is 2.25. The van der Waals surface area contributed by atoms with Gasteiger partial charge in [0.15, 0.2) is 0 Å². The second kappa shape index (κ2) is 6.24. The van der Waals surface area contributed by atoms with Crippen molar-refractivity contribution in [2.75, 3.05) is 0 Å². The topological polar surface area (TPSA) is 26.0 Å². The van der Waals surface area contributed by atoms with Crippen molar-refractivity contribution in [2.24, 2.45) is 5.41 Å². The van der Waals surface area contributed by atoms with Crippen LogP contribution >= 0.6 is 0 Å². The van der Waals surface area contributed by atoms with Gasteiger partial charge < -0.3 is 4.52 Å². The second-order valence-corrected chi connectivity index (χ2v) is 4.59. The number of aromatic nitrogens is 1. The summed E-state index contributed by atoms with van der Waals surface area (Å²) >= 11 is 0. The molecule has 0 atom stereocenters. The zero-order valence-electron chi connectivity index (χ0n) is 10.6. The van der Waals surface area contributed by atoms with E-state index in [1.165, 1.54) is 0 Å². The molecule has 1 heterocycles. The molecule has 0 N–H and O–H groups in total. The number of rotatable bonds is 8. The Balaban J connectivity index is 2.89. The van der Waals surface area contributed by atoms with E-state index >= 15 is 0 Å². The Kier molecular flexibility index (Phi) is 4.95. The van der Waals surface area contributed by atoms with E-state index in [-0.39, 0.29) is 5.41 Å². The third-order valence-electron chi connectivity index (χ3n) is 2.96. The first kappa shape index (κ1) is 13.5. The summed E-state index contributed by atoms with van der Waals surface area (Å²) in [4.78, 5) is 0.